The van der Waals surface area contributed by atoms with E-state index in [9.17, 15) is 4.79 Å². The quantitative estimate of drug-likeness (QED) is 0.743. The monoisotopic (exact) mass is 257 g/mol. The Morgan fingerprint density at radius 3 is 2.56 bits per heavy atom. The van der Waals surface area contributed by atoms with Gasteiger partial charge in [-0.3, -0.25) is 9.69 Å². The van der Waals surface area contributed by atoms with Gasteiger partial charge in [-0.1, -0.05) is 0 Å². The highest BCUT2D eigenvalue weighted by Crippen LogP contribution is 2.13. The van der Waals surface area contributed by atoms with E-state index in [1.54, 1.807) is 4.90 Å². The average Bonchev–Trinajstić information content (AvgIpc) is 2.36. The average molecular weight is 257 g/mol. The summed E-state index contributed by atoms with van der Waals surface area (Å²) < 4.78 is 5.62. The van der Waals surface area contributed by atoms with E-state index in [-0.39, 0.29) is 11.9 Å². The number of rotatable bonds is 6. The summed E-state index contributed by atoms with van der Waals surface area (Å²) in [7, 11) is 1.87. The number of likely N-dealkylation sites (N-methyl/N-ethyl adjacent to an activating group) is 1. The van der Waals surface area contributed by atoms with Crippen molar-refractivity contribution in [3.05, 3.63) is 0 Å². The van der Waals surface area contributed by atoms with Crippen LogP contribution in [0.5, 0.6) is 0 Å². The molecular weight excluding hydrogens is 230 g/mol. The molecule has 0 spiro atoms. The van der Waals surface area contributed by atoms with Gasteiger partial charge in [-0.2, -0.15) is 0 Å². The first-order valence-corrected chi connectivity index (χ1v) is 6.84. The first-order chi connectivity index (χ1) is 8.54. The van der Waals surface area contributed by atoms with Gasteiger partial charge in [0.15, 0.2) is 0 Å². The van der Waals surface area contributed by atoms with E-state index in [4.69, 9.17) is 10.5 Å². The second-order valence-corrected chi connectivity index (χ2v) is 5.23. The molecule has 2 N–H and O–H groups in total. The Morgan fingerprint density at radius 1 is 1.44 bits per heavy atom. The summed E-state index contributed by atoms with van der Waals surface area (Å²) >= 11 is 0. The first kappa shape index (κ1) is 15.4. The largest absolute Gasteiger partial charge is 0.377 e. The minimum Gasteiger partial charge on any atom is -0.377 e. The molecule has 0 radical (unpaired) electrons. The molecule has 1 aliphatic rings. The van der Waals surface area contributed by atoms with Crippen molar-refractivity contribution in [3.8, 4) is 0 Å². The van der Waals surface area contributed by atoms with E-state index >= 15 is 0 Å². The molecule has 0 atom stereocenters. The third kappa shape index (κ3) is 4.92. The molecule has 1 aliphatic heterocycles. The topological polar surface area (TPSA) is 58.8 Å². The van der Waals surface area contributed by atoms with Crippen molar-refractivity contribution in [2.24, 2.45) is 5.73 Å². The fourth-order valence-electron chi connectivity index (χ4n) is 2.06. The van der Waals surface area contributed by atoms with E-state index in [0.29, 0.717) is 25.8 Å². The molecule has 106 valence electrons. The van der Waals surface area contributed by atoms with Gasteiger partial charge in [0.05, 0.1) is 19.3 Å². The maximum Gasteiger partial charge on any atom is 0.236 e. The van der Waals surface area contributed by atoms with Gasteiger partial charge >= 0.3 is 0 Å². The van der Waals surface area contributed by atoms with Crippen LogP contribution in [-0.2, 0) is 9.53 Å². The van der Waals surface area contributed by atoms with Crippen LogP contribution in [-0.4, -0.2) is 67.7 Å². The minimum atomic E-state index is 0.200. The zero-order valence-corrected chi connectivity index (χ0v) is 11.9. The number of amides is 1. The van der Waals surface area contributed by atoms with Gasteiger partial charge in [-0.25, -0.2) is 0 Å². The fraction of sp³-hybridized carbons (Fsp3) is 0.923. The lowest BCUT2D eigenvalue weighted by Gasteiger charge is -2.33. The molecule has 1 rings (SSSR count). The smallest absolute Gasteiger partial charge is 0.236 e. The van der Waals surface area contributed by atoms with Crippen molar-refractivity contribution < 1.29 is 9.53 Å². The number of piperidine rings is 1. The Balaban J connectivity index is 2.25. The number of carbonyl (C=O) groups excluding carboxylic acids is 1. The summed E-state index contributed by atoms with van der Waals surface area (Å²) in [6, 6.07) is 0.267. The summed E-state index contributed by atoms with van der Waals surface area (Å²) in [6.07, 6.45) is 2.32. The second-order valence-electron chi connectivity index (χ2n) is 5.23. The molecular formula is C13H27N3O2. The van der Waals surface area contributed by atoms with Crippen molar-refractivity contribution in [3.63, 3.8) is 0 Å². The van der Waals surface area contributed by atoms with Crippen molar-refractivity contribution in [2.75, 3.05) is 39.8 Å². The Morgan fingerprint density at radius 2 is 2.06 bits per heavy atom. The SMILES string of the molecule is CC(C)N(C)C(=O)CN1CCC(OCCN)CC1. The number of nitrogens with two attached hydrogens (primary N) is 1. The van der Waals surface area contributed by atoms with Crippen LogP contribution in [0, 0.1) is 0 Å². The Labute approximate surface area is 110 Å². The highest BCUT2D eigenvalue weighted by Gasteiger charge is 2.22. The Kier molecular flexibility index (Phi) is 6.60. The summed E-state index contributed by atoms with van der Waals surface area (Å²) in [6.45, 7) is 7.69. The molecule has 1 saturated heterocycles. The maximum atomic E-state index is 11.9. The summed E-state index contributed by atoms with van der Waals surface area (Å²) in [4.78, 5) is 16.0. The lowest BCUT2D eigenvalue weighted by Crippen LogP contribution is -2.45. The Bertz CT molecular complexity index is 251. The molecule has 5 heteroatoms. The highest BCUT2D eigenvalue weighted by molar-refractivity contribution is 5.78. The third-order valence-electron chi connectivity index (χ3n) is 3.53. The first-order valence-electron chi connectivity index (χ1n) is 6.84. The molecule has 0 aromatic carbocycles. The Hall–Kier alpha value is -0.650. The van der Waals surface area contributed by atoms with Gasteiger partial charge in [0.2, 0.25) is 5.91 Å². The zero-order chi connectivity index (χ0) is 13.5. The maximum absolute atomic E-state index is 11.9. The third-order valence-corrected chi connectivity index (χ3v) is 3.53. The predicted octanol–water partition coefficient (Wildman–Crippen LogP) is 0.293. The number of nitrogens with zero attached hydrogens (tertiary/aromatic N) is 2. The molecule has 0 aromatic rings. The van der Waals surface area contributed by atoms with Gasteiger partial charge in [-0.05, 0) is 26.7 Å². The van der Waals surface area contributed by atoms with Crippen LogP contribution >= 0.6 is 0 Å². The standard InChI is InChI=1S/C13H27N3O2/c1-11(2)15(3)13(17)10-16-7-4-12(5-8-16)18-9-6-14/h11-12H,4-10,14H2,1-3H3. The predicted molar refractivity (Wildman–Crippen MR) is 72.4 cm³/mol. The van der Waals surface area contributed by atoms with Crippen LogP contribution in [0.1, 0.15) is 26.7 Å². The normalized spacial score (nSPS) is 18.3. The molecule has 0 unspecified atom stereocenters. The molecule has 5 nitrogen and oxygen atoms in total. The second kappa shape index (κ2) is 7.71. The van der Waals surface area contributed by atoms with Crippen LogP contribution in [0.15, 0.2) is 0 Å². The summed E-state index contributed by atoms with van der Waals surface area (Å²) in [5.41, 5.74) is 5.41. The molecule has 1 heterocycles. The van der Waals surface area contributed by atoms with Crippen molar-refractivity contribution in [1.82, 2.24) is 9.80 Å². The molecule has 0 aromatic heterocycles. The van der Waals surface area contributed by atoms with E-state index < -0.39 is 0 Å². The number of hydrogen-bond acceptors (Lipinski definition) is 4. The zero-order valence-electron chi connectivity index (χ0n) is 11.9. The van der Waals surface area contributed by atoms with Crippen molar-refractivity contribution >= 4 is 5.91 Å². The van der Waals surface area contributed by atoms with Gasteiger partial charge in [0.25, 0.3) is 0 Å². The summed E-state index contributed by atoms with van der Waals surface area (Å²) in [5, 5.41) is 0. The van der Waals surface area contributed by atoms with Gasteiger partial charge in [0, 0.05) is 32.7 Å². The molecule has 18 heavy (non-hydrogen) atoms. The van der Waals surface area contributed by atoms with Crippen LogP contribution in [0.25, 0.3) is 0 Å². The molecule has 1 amide bonds. The summed E-state index contributed by atoms with van der Waals surface area (Å²) in [5.74, 6) is 0.200. The van der Waals surface area contributed by atoms with E-state index in [0.717, 1.165) is 25.9 Å². The lowest BCUT2D eigenvalue weighted by molar-refractivity contribution is -0.133. The fourth-order valence-corrected chi connectivity index (χ4v) is 2.06. The molecule has 1 fully saturated rings. The van der Waals surface area contributed by atoms with Crippen LogP contribution in [0.4, 0.5) is 0 Å². The lowest BCUT2D eigenvalue weighted by atomic mass is 10.1. The van der Waals surface area contributed by atoms with Crippen LogP contribution in [0.3, 0.4) is 0 Å². The van der Waals surface area contributed by atoms with Crippen LogP contribution in [0.2, 0.25) is 0 Å². The highest BCUT2D eigenvalue weighted by atomic mass is 16.5. The number of ether oxygens (including phenoxy) is 1. The van der Waals surface area contributed by atoms with Crippen LogP contribution < -0.4 is 5.73 Å². The van der Waals surface area contributed by atoms with Gasteiger partial charge in [-0.15, -0.1) is 0 Å². The minimum absolute atomic E-state index is 0.200. The van der Waals surface area contributed by atoms with Crippen molar-refractivity contribution in [1.29, 1.82) is 0 Å². The van der Waals surface area contributed by atoms with Gasteiger partial charge in [0.1, 0.15) is 0 Å². The van der Waals surface area contributed by atoms with E-state index in [1.807, 2.05) is 20.9 Å². The number of carbonyl (C=O) groups is 1. The van der Waals surface area contributed by atoms with E-state index in [2.05, 4.69) is 4.90 Å². The van der Waals surface area contributed by atoms with Crippen molar-refractivity contribution in [2.45, 2.75) is 38.8 Å². The number of likely N-dealkylation sites (tertiary alicyclic amines) is 1. The van der Waals surface area contributed by atoms with E-state index in [1.165, 1.54) is 0 Å². The molecule has 0 bridgehead atoms. The van der Waals surface area contributed by atoms with Gasteiger partial charge < -0.3 is 15.4 Å². The number of hydrogen-bond donors (Lipinski definition) is 1. The molecule has 0 aliphatic carbocycles. The molecule has 0 saturated carbocycles.